The predicted molar refractivity (Wildman–Crippen MR) is 57.2 cm³/mol. The molecule has 2 aromatic rings. The van der Waals surface area contributed by atoms with E-state index in [1.165, 1.54) is 0 Å². The van der Waals surface area contributed by atoms with Gasteiger partial charge in [0.2, 0.25) is 0 Å². The molecule has 0 aliphatic carbocycles. The molecule has 2 nitrogen and oxygen atoms in total. The molecule has 0 atom stereocenters. The average Bonchev–Trinajstić information content (AvgIpc) is 2.18. The number of halogens is 1. The highest BCUT2D eigenvalue weighted by molar-refractivity contribution is 6.30. The Balaban J connectivity index is 2.49. The summed E-state index contributed by atoms with van der Waals surface area (Å²) < 4.78 is 0. The van der Waals surface area contributed by atoms with E-state index in [0.29, 0.717) is 5.02 Å². The molecule has 0 saturated heterocycles. The second kappa shape index (κ2) is 3.76. The van der Waals surface area contributed by atoms with E-state index in [2.05, 4.69) is 10.2 Å². The Hall–Kier alpha value is -1.41. The zero-order valence-corrected chi connectivity index (χ0v) is 8.49. The zero-order chi connectivity index (χ0) is 9.97. The molecule has 14 heavy (non-hydrogen) atoms. The van der Waals surface area contributed by atoms with Gasteiger partial charge in [0.05, 0.1) is 11.9 Å². The van der Waals surface area contributed by atoms with E-state index in [-0.39, 0.29) is 0 Å². The van der Waals surface area contributed by atoms with Gasteiger partial charge in [-0.3, -0.25) is 0 Å². The Morgan fingerprint density at radius 2 is 2.07 bits per heavy atom. The molecule has 1 heterocycles. The lowest BCUT2D eigenvalue weighted by molar-refractivity contribution is 1.02. The van der Waals surface area contributed by atoms with Gasteiger partial charge >= 0.3 is 0 Å². The first-order valence-electron chi connectivity index (χ1n) is 4.31. The molecule has 70 valence electrons. The normalized spacial score (nSPS) is 10.1. The van der Waals surface area contributed by atoms with Gasteiger partial charge < -0.3 is 0 Å². The fourth-order valence-corrected chi connectivity index (χ4v) is 1.44. The molecule has 0 aliphatic rings. The van der Waals surface area contributed by atoms with Crippen molar-refractivity contribution in [3.05, 3.63) is 47.1 Å². The first-order valence-corrected chi connectivity index (χ1v) is 4.69. The van der Waals surface area contributed by atoms with Crippen LogP contribution in [0.15, 0.2) is 36.5 Å². The van der Waals surface area contributed by atoms with Crippen molar-refractivity contribution in [3.8, 4) is 11.3 Å². The van der Waals surface area contributed by atoms with Crippen LogP contribution in [0.4, 0.5) is 0 Å². The van der Waals surface area contributed by atoms with Crippen molar-refractivity contribution in [2.24, 2.45) is 0 Å². The van der Waals surface area contributed by atoms with E-state index in [4.69, 9.17) is 11.6 Å². The molecule has 0 aliphatic heterocycles. The second-order valence-corrected chi connectivity index (χ2v) is 3.56. The summed E-state index contributed by atoms with van der Waals surface area (Å²) in [6.07, 6.45) is 1.73. The van der Waals surface area contributed by atoms with Gasteiger partial charge in [0.1, 0.15) is 0 Å². The van der Waals surface area contributed by atoms with E-state index in [0.717, 1.165) is 16.8 Å². The van der Waals surface area contributed by atoms with Gasteiger partial charge in [0, 0.05) is 10.6 Å². The molecule has 0 radical (unpaired) electrons. The third-order valence-corrected chi connectivity index (χ3v) is 2.15. The van der Waals surface area contributed by atoms with E-state index in [9.17, 15) is 0 Å². The van der Waals surface area contributed by atoms with Gasteiger partial charge in [-0.1, -0.05) is 23.7 Å². The standard InChI is InChI=1S/C11H9ClN2/c1-8-5-11(14-13-7-8)9-3-2-4-10(12)6-9/h2-7H,1H3. The third-order valence-electron chi connectivity index (χ3n) is 1.91. The number of nitrogens with zero attached hydrogens (tertiary/aromatic N) is 2. The fourth-order valence-electron chi connectivity index (χ4n) is 1.25. The lowest BCUT2D eigenvalue weighted by Gasteiger charge is -2.00. The smallest absolute Gasteiger partial charge is 0.0932 e. The number of benzene rings is 1. The molecular formula is C11H9ClN2. The van der Waals surface area contributed by atoms with Crippen molar-refractivity contribution in [1.82, 2.24) is 10.2 Å². The van der Waals surface area contributed by atoms with Crippen LogP contribution >= 0.6 is 11.6 Å². The summed E-state index contributed by atoms with van der Waals surface area (Å²) in [6.45, 7) is 1.99. The second-order valence-electron chi connectivity index (χ2n) is 3.13. The molecule has 0 spiro atoms. The molecule has 1 aromatic heterocycles. The molecule has 0 fully saturated rings. The minimum absolute atomic E-state index is 0.714. The molecule has 0 unspecified atom stereocenters. The SMILES string of the molecule is Cc1cnnc(-c2cccc(Cl)c2)c1. The topological polar surface area (TPSA) is 25.8 Å². The molecule has 3 heteroatoms. The maximum absolute atomic E-state index is 5.89. The Kier molecular flexibility index (Phi) is 2.46. The quantitative estimate of drug-likeness (QED) is 0.714. The van der Waals surface area contributed by atoms with Crippen molar-refractivity contribution in [3.63, 3.8) is 0 Å². The van der Waals surface area contributed by atoms with Gasteiger partial charge in [-0.15, -0.1) is 0 Å². The summed E-state index contributed by atoms with van der Waals surface area (Å²) in [4.78, 5) is 0. The summed E-state index contributed by atoms with van der Waals surface area (Å²) in [5.74, 6) is 0. The van der Waals surface area contributed by atoms with Crippen LogP contribution < -0.4 is 0 Å². The number of aromatic nitrogens is 2. The van der Waals surface area contributed by atoms with Crippen molar-refractivity contribution in [1.29, 1.82) is 0 Å². The first kappa shape index (κ1) is 9.16. The van der Waals surface area contributed by atoms with Crippen LogP contribution in [0.3, 0.4) is 0 Å². The summed E-state index contributed by atoms with van der Waals surface area (Å²) >= 11 is 5.89. The highest BCUT2D eigenvalue weighted by Crippen LogP contribution is 2.20. The zero-order valence-electron chi connectivity index (χ0n) is 7.74. The van der Waals surface area contributed by atoms with Gasteiger partial charge in [-0.25, -0.2) is 0 Å². The van der Waals surface area contributed by atoms with Crippen molar-refractivity contribution < 1.29 is 0 Å². The van der Waals surface area contributed by atoms with E-state index in [1.54, 1.807) is 6.20 Å². The molecule has 1 aromatic carbocycles. The Morgan fingerprint density at radius 3 is 2.79 bits per heavy atom. The molecule has 0 bridgehead atoms. The first-order chi connectivity index (χ1) is 6.75. The molecule has 0 N–H and O–H groups in total. The van der Waals surface area contributed by atoms with Crippen LogP contribution in [-0.2, 0) is 0 Å². The average molecular weight is 205 g/mol. The van der Waals surface area contributed by atoms with Crippen molar-refractivity contribution >= 4 is 11.6 Å². The van der Waals surface area contributed by atoms with Crippen LogP contribution in [0.5, 0.6) is 0 Å². The Morgan fingerprint density at radius 1 is 1.21 bits per heavy atom. The lowest BCUT2D eigenvalue weighted by Crippen LogP contribution is -1.87. The van der Waals surface area contributed by atoms with Crippen LogP contribution in [0.25, 0.3) is 11.3 Å². The summed E-state index contributed by atoms with van der Waals surface area (Å²) in [7, 11) is 0. The number of rotatable bonds is 1. The summed E-state index contributed by atoms with van der Waals surface area (Å²) in [6, 6.07) is 9.58. The summed E-state index contributed by atoms with van der Waals surface area (Å²) in [5, 5.41) is 8.65. The maximum atomic E-state index is 5.89. The third kappa shape index (κ3) is 1.91. The fraction of sp³-hybridized carbons (Fsp3) is 0.0909. The van der Waals surface area contributed by atoms with Crippen LogP contribution in [0.1, 0.15) is 5.56 Å². The van der Waals surface area contributed by atoms with Gasteiger partial charge in [0.25, 0.3) is 0 Å². The Labute approximate surface area is 87.6 Å². The molecule has 2 rings (SSSR count). The monoisotopic (exact) mass is 204 g/mol. The van der Waals surface area contributed by atoms with Gasteiger partial charge in [-0.05, 0) is 30.7 Å². The molecule has 0 amide bonds. The minimum Gasteiger partial charge on any atom is -0.158 e. The van der Waals surface area contributed by atoms with E-state index < -0.39 is 0 Å². The highest BCUT2D eigenvalue weighted by Gasteiger charge is 2.00. The molecular weight excluding hydrogens is 196 g/mol. The Bertz CT molecular complexity index is 411. The maximum Gasteiger partial charge on any atom is 0.0932 e. The molecule has 0 saturated carbocycles. The van der Waals surface area contributed by atoms with Crippen LogP contribution in [0, 0.1) is 6.92 Å². The lowest BCUT2D eigenvalue weighted by atomic mass is 10.1. The predicted octanol–water partition coefficient (Wildman–Crippen LogP) is 3.11. The largest absolute Gasteiger partial charge is 0.158 e. The van der Waals surface area contributed by atoms with E-state index >= 15 is 0 Å². The van der Waals surface area contributed by atoms with Crippen molar-refractivity contribution in [2.75, 3.05) is 0 Å². The van der Waals surface area contributed by atoms with Crippen molar-refractivity contribution in [2.45, 2.75) is 6.92 Å². The van der Waals surface area contributed by atoms with Crippen LogP contribution in [0.2, 0.25) is 5.02 Å². The number of hydrogen-bond acceptors (Lipinski definition) is 2. The van der Waals surface area contributed by atoms with Gasteiger partial charge in [0.15, 0.2) is 0 Å². The highest BCUT2D eigenvalue weighted by atomic mass is 35.5. The van der Waals surface area contributed by atoms with Crippen LogP contribution in [-0.4, -0.2) is 10.2 Å². The minimum atomic E-state index is 0.714. The number of hydrogen-bond donors (Lipinski definition) is 0. The van der Waals surface area contributed by atoms with E-state index in [1.807, 2.05) is 37.3 Å². The van der Waals surface area contributed by atoms with Gasteiger partial charge in [-0.2, -0.15) is 10.2 Å². The number of aryl methyl sites for hydroxylation is 1. The summed E-state index contributed by atoms with van der Waals surface area (Å²) in [5.41, 5.74) is 2.94.